The molecule has 1 fully saturated rings. The Labute approximate surface area is 90.1 Å². The molecule has 1 aliphatic rings. The van der Waals surface area contributed by atoms with Crippen LogP contribution in [0.4, 0.5) is 0 Å². The van der Waals surface area contributed by atoms with Gasteiger partial charge in [0.05, 0.1) is 14.4 Å². The van der Waals surface area contributed by atoms with Gasteiger partial charge in [-0.2, -0.15) is 0 Å². The summed E-state index contributed by atoms with van der Waals surface area (Å²) in [6, 6.07) is 0. The van der Waals surface area contributed by atoms with Gasteiger partial charge in [-0.05, 0) is 0 Å². The van der Waals surface area contributed by atoms with Gasteiger partial charge in [0.25, 0.3) is 0 Å². The van der Waals surface area contributed by atoms with Gasteiger partial charge in [0.15, 0.2) is 0 Å². The van der Waals surface area contributed by atoms with Crippen molar-refractivity contribution >= 4 is 7.82 Å². The van der Waals surface area contributed by atoms with E-state index < -0.39 is 45.1 Å². The Morgan fingerprint density at radius 1 is 1.44 bits per heavy atom. The molecule has 0 aliphatic carbocycles. The lowest BCUT2D eigenvalue weighted by molar-refractivity contribution is -0.363. The van der Waals surface area contributed by atoms with Crippen LogP contribution in [-0.4, -0.2) is 57.7 Å². The quantitative estimate of drug-likeness (QED) is 0.366. The summed E-state index contributed by atoms with van der Waals surface area (Å²) < 4.78 is 18.4. The molecular formula is C6H11O9P-2. The molecule has 4 atom stereocenters. The fourth-order valence-electron chi connectivity index (χ4n) is 1.19. The normalized spacial score (nSPS) is 41.0. The summed E-state index contributed by atoms with van der Waals surface area (Å²) in [6.45, 7) is -1.71. The summed E-state index contributed by atoms with van der Waals surface area (Å²) in [4.78, 5) is 20.3. The molecule has 1 heterocycles. The molecule has 10 heteroatoms. The summed E-state index contributed by atoms with van der Waals surface area (Å²) in [5.41, 5.74) is 0. The van der Waals surface area contributed by atoms with Crippen LogP contribution in [0, 0.1) is 0 Å². The van der Waals surface area contributed by atoms with Crippen molar-refractivity contribution in [3.8, 4) is 0 Å². The molecule has 1 saturated heterocycles. The van der Waals surface area contributed by atoms with Crippen LogP contribution in [0.5, 0.6) is 0 Å². The maximum atomic E-state index is 10.2. The molecule has 0 radical (unpaired) electrons. The van der Waals surface area contributed by atoms with Crippen LogP contribution in [0.3, 0.4) is 0 Å². The third-order valence-corrected chi connectivity index (χ3v) is 2.56. The topological polar surface area (TPSA) is 163 Å². The highest BCUT2D eigenvalue weighted by molar-refractivity contribution is 7.43. The second-order valence-corrected chi connectivity index (χ2v) is 4.53. The molecule has 9 nitrogen and oxygen atoms in total. The zero-order valence-corrected chi connectivity index (χ0v) is 8.82. The predicted molar refractivity (Wildman–Crippen MR) is 42.5 cm³/mol. The van der Waals surface area contributed by atoms with Crippen molar-refractivity contribution in [1.29, 1.82) is 0 Å². The number of rotatable bonds is 3. The van der Waals surface area contributed by atoms with E-state index in [2.05, 4.69) is 9.26 Å². The fourth-order valence-corrected chi connectivity index (χ4v) is 1.53. The van der Waals surface area contributed by atoms with Crippen LogP contribution in [0.25, 0.3) is 0 Å². The molecule has 0 spiro atoms. The number of phosphoric acid groups is 1. The SMILES string of the molecule is O=P([O-])([O-])OCC1(O)OCC(O)C(O)C1O. The monoisotopic (exact) mass is 258 g/mol. The lowest BCUT2D eigenvalue weighted by atomic mass is 9.98. The van der Waals surface area contributed by atoms with E-state index in [1.165, 1.54) is 0 Å². The van der Waals surface area contributed by atoms with Gasteiger partial charge in [-0.15, -0.1) is 0 Å². The van der Waals surface area contributed by atoms with Gasteiger partial charge in [0, 0.05) is 0 Å². The maximum Gasteiger partial charge on any atom is 0.219 e. The number of ether oxygens (including phenoxy) is 1. The lowest BCUT2D eigenvalue weighted by Crippen LogP contribution is -2.62. The molecule has 1 rings (SSSR count). The van der Waals surface area contributed by atoms with Crippen molar-refractivity contribution in [1.82, 2.24) is 0 Å². The molecule has 0 aromatic heterocycles. The Bertz CT molecular complexity index is 290. The smallest absolute Gasteiger partial charge is 0.219 e. The largest absolute Gasteiger partial charge is 0.790 e. The van der Waals surface area contributed by atoms with Gasteiger partial charge in [0.2, 0.25) is 5.79 Å². The zero-order chi connectivity index (χ0) is 12.6. The fraction of sp³-hybridized carbons (Fsp3) is 1.00. The first-order valence-corrected chi connectivity index (χ1v) is 5.69. The number of hydrogen-bond acceptors (Lipinski definition) is 9. The number of aliphatic hydroxyl groups excluding tert-OH is 3. The minimum Gasteiger partial charge on any atom is -0.790 e. The first-order chi connectivity index (χ1) is 7.16. The van der Waals surface area contributed by atoms with Crippen molar-refractivity contribution < 1.29 is 44.0 Å². The van der Waals surface area contributed by atoms with Crippen molar-refractivity contribution in [2.45, 2.75) is 24.1 Å². The van der Waals surface area contributed by atoms with E-state index in [1.807, 2.05) is 0 Å². The minimum atomic E-state index is -5.33. The zero-order valence-electron chi connectivity index (χ0n) is 7.92. The number of phosphoric ester groups is 1. The van der Waals surface area contributed by atoms with Crippen molar-refractivity contribution in [2.24, 2.45) is 0 Å². The summed E-state index contributed by atoms with van der Waals surface area (Å²) in [5.74, 6) is -2.55. The molecule has 0 saturated carbocycles. The molecule has 0 amide bonds. The molecular weight excluding hydrogens is 247 g/mol. The molecule has 4 N–H and O–H groups in total. The van der Waals surface area contributed by atoms with E-state index in [0.29, 0.717) is 0 Å². The lowest BCUT2D eigenvalue weighted by Gasteiger charge is -2.43. The van der Waals surface area contributed by atoms with Gasteiger partial charge in [-0.1, -0.05) is 0 Å². The van der Waals surface area contributed by atoms with E-state index in [1.54, 1.807) is 0 Å². The van der Waals surface area contributed by atoms with Crippen LogP contribution in [0.2, 0.25) is 0 Å². The van der Waals surface area contributed by atoms with Crippen molar-refractivity contribution in [2.75, 3.05) is 13.2 Å². The van der Waals surface area contributed by atoms with Crippen LogP contribution in [0.15, 0.2) is 0 Å². The third-order valence-electron chi connectivity index (χ3n) is 2.11. The van der Waals surface area contributed by atoms with E-state index in [-0.39, 0.29) is 0 Å². The summed E-state index contributed by atoms with van der Waals surface area (Å²) in [6.07, 6.45) is -5.16. The van der Waals surface area contributed by atoms with Crippen LogP contribution < -0.4 is 9.79 Å². The van der Waals surface area contributed by atoms with Gasteiger partial charge in [-0.3, -0.25) is 0 Å². The Morgan fingerprint density at radius 3 is 2.50 bits per heavy atom. The van der Waals surface area contributed by atoms with Gasteiger partial charge < -0.3 is 44.0 Å². The van der Waals surface area contributed by atoms with E-state index in [0.717, 1.165) is 0 Å². The Balaban J connectivity index is 2.66. The first-order valence-electron chi connectivity index (χ1n) is 4.23. The highest BCUT2D eigenvalue weighted by Gasteiger charge is 2.48. The van der Waals surface area contributed by atoms with Crippen LogP contribution in [-0.2, 0) is 13.8 Å². The Hall–Kier alpha value is -0.0900. The summed E-state index contributed by atoms with van der Waals surface area (Å²) >= 11 is 0. The van der Waals surface area contributed by atoms with Crippen molar-refractivity contribution in [3.63, 3.8) is 0 Å². The summed E-state index contributed by atoms with van der Waals surface area (Å²) in [7, 11) is -5.33. The Kier molecular flexibility index (Phi) is 4.06. The predicted octanol–water partition coefficient (Wildman–Crippen LogP) is -4.37. The Morgan fingerprint density at radius 2 is 2.00 bits per heavy atom. The van der Waals surface area contributed by atoms with E-state index >= 15 is 0 Å². The standard InChI is InChI=1S/C6H13O9P/c7-3-1-14-6(10,5(9)4(3)8)2-15-16(11,12)13/h3-5,7-10H,1-2H2,(H2,11,12,13)/p-2. The van der Waals surface area contributed by atoms with Gasteiger partial charge in [-0.25, -0.2) is 0 Å². The molecule has 0 bridgehead atoms. The van der Waals surface area contributed by atoms with Crippen LogP contribution >= 0.6 is 7.82 Å². The number of hydrogen-bond donors (Lipinski definition) is 4. The molecule has 1 aliphatic heterocycles. The van der Waals surface area contributed by atoms with Gasteiger partial charge in [0.1, 0.15) is 24.9 Å². The van der Waals surface area contributed by atoms with Gasteiger partial charge >= 0.3 is 0 Å². The third kappa shape index (κ3) is 3.20. The average Bonchev–Trinajstić information content (AvgIpc) is 2.18. The highest BCUT2D eigenvalue weighted by atomic mass is 31.2. The second-order valence-electron chi connectivity index (χ2n) is 3.38. The second kappa shape index (κ2) is 4.65. The molecule has 16 heavy (non-hydrogen) atoms. The van der Waals surface area contributed by atoms with Crippen molar-refractivity contribution in [3.05, 3.63) is 0 Å². The van der Waals surface area contributed by atoms with E-state index in [4.69, 9.17) is 5.11 Å². The first kappa shape index (κ1) is 14.0. The minimum absolute atomic E-state index is 0.542. The number of aliphatic hydroxyl groups is 4. The highest BCUT2D eigenvalue weighted by Crippen LogP contribution is 2.31. The molecule has 4 unspecified atom stereocenters. The molecule has 0 aromatic rings. The summed E-state index contributed by atoms with van der Waals surface area (Å²) in [5, 5.41) is 37.1. The van der Waals surface area contributed by atoms with E-state index in [9.17, 15) is 29.7 Å². The molecule has 0 aromatic carbocycles. The molecule has 96 valence electrons. The maximum absolute atomic E-state index is 10.2. The average molecular weight is 258 g/mol. The van der Waals surface area contributed by atoms with Crippen LogP contribution in [0.1, 0.15) is 0 Å².